The van der Waals surface area contributed by atoms with Gasteiger partial charge in [0.25, 0.3) is 0 Å². The van der Waals surface area contributed by atoms with Gasteiger partial charge in [-0.2, -0.15) is 12.6 Å². The normalized spacial score (nSPS) is 13.1. The number of thiol groups is 1. The van der Waals surface area contributed by atoms with Crippen LogP contribution in [-0.2, 0) is 0 Å². The van der Waals surface area contributed by atoms with Gasteiger partial charge < -0.3 is 0 Å². The number of rotatable bonds is 1. The van der Waals surface area contributed by atoms with Crippen molar-refractivity contribution in [3.8, 4) is 0 Å². The van der Waals surface area contributed by atoms with Crippen LogP contribution in [0.4, 0.5) is 0 Å². The van der Waals surface area contributed by atoms with E-state index >= 15 is 0 Å². The molecule has 0 aliphatic heterocycles. The Morgan fingerprint density at radius 2 is 2.44 bits per heavy atom. The van der Waals surface area contributed by atoms with Crippen molar-refractivity contribution >= 4 is 12.6 Å². The topological polar surface area (TPSA) is 12.9 Å². The summed E-state index contributed by atoms with van der Waals surface area (Å²) in [6, 6.07) is 3.73. The van der Waals surface area contributed by atoms with Gasteiger partial charge in [0.15, 0.2) is 0 Å². The van der Waals surface area contributed by atoms with Crippen molar-refractivity contribution in [1.82, 2.24) is 4.98 Å². The molecule has 0 aromatic carbocycles. The molecule has 9 heavy (non-hydrogen) atoms. The van der Waals surface area contributed by atoms with Crippen LogP contribution in [-0.4, -0.2) is 4.98 Å². The Morgan fingerprint density at radius 1 is 1.67 bits per heavy atom. The van der Waals surface area contributed by atoms with Crippen molar-refractivity contribution in [1.29, 1.82) is 0 Å². The summed E-state index contributed by atoms with van der Waals surface area (Å²) in [5.74, 6) is 0. The van der Waals surface area contributed by atoms with Crippen LogP contribution in [0.3, 0.4) is 0 Å². The minimum Gasteiger partial charge on any atom is -0.264 e. The van der Waals surface area contributed by atoms with Crippen LogP contribution in [0.1, 0.15) is 10.8 Å². The second-order valence-electron chi connectivity index (χ2n) is 1.73. The highest BCUT2D eigenvalue weighted by molar-refractivity contribution is 7.80. The molecule has 2 radical (unpaired) electrons. The highest BCUT2D eigenvalue weighted by Gasteiger charge is 1.95. The molecule has 0 amide bonds. The second kappa shape index (κ2) is 2.87. The molecule has 0 fully saturated rings. The molecule has 2 heteroatoms. The molecule has 1 aromatic heterocycles. The van der Waals surface area contributed by atoms with Crippen molar-refractivity contribution in [2.45, 2.75) is 5.25 Å². The molecule has 1 heterocycles. The van der Waals surface area contributed by atoms with E-state index in [1.807, 2.05) is 12.1 Å². The first-order chi connectivity index (χ1) is 4.30. The zero-order chi connectivity index (χ0) is 6.69. The molecule has 0 aliphatic carbocycles. The van der Waals surface area contributed by atoms with Gasteiger partial charge in [-0.15, -0.1) is 0 Å². The molecule has 0 spiro atoms. The van der Waals surface area contributed by atoms with Gasteiger partial charge in [0, 0.05) is 17.6 Å². The lowest BCUT2D eigenvalue weighted by Crippen LogP contribution is -1.83. The predicted octanol–water partition coefficient (Wildman–Crippen LogP) is 1.76. The first-order valence-electron chi connectivity index (χ1n) is 2.64. The van der Waals surface area contributed by atoms with Crippen LogP contribution < -0.4 is 0 Å². The minimum atomic E-state index is -0.210. The highest BCUT2D eigenvalue weighted by Crippen LogP contribution is 2.15. The fourth-order valence-electron chi connectivity index (χ4n) is 0.551. The van der Waals surface area contributed by atoms with Crippen LogP contribution in [0.2, 0.25) is 0 Å². The third kappa shape index (κ3) is 1.72. The Labute approximate surface area is 60.5 Å². The smallest absolute Gasteiger partial charge is 0.0317 e. The van der Waals surface area contributed by atoms with Crippen molar-refractivity contribution in [3.05, 3.63) is 37.0 Å². The Hall–Kier alpha value is -0.500. The molecule has 0 bridgehead atoms. The first kappa shape index (κ1) is 6.62. The molecule has 0 saturated carbocycles. The predicted molar refractivity (Wildman–Crippen MR) is 40.3 cm³/mol. The summed E-state index contributed by atoms with van der Waals surface area (Å²) < 4.78 is 0. The quantitative estimate of drug-likeness (QED) is 0.582. The van der Waals surface area contributed by atoms with Crippen LogP contribution in [0.5, 0.6) is 0 Å². The van der Waals surface area contributed by atoms with Gasteiger partial charge in [-0.25, -0.2) is 0 Å². The first-order valence-corrected chi connectivity index (χ1v) is 3.16. The molecule has 0 saturated heterocycles. The van der Waals surface area contributed by atoms with Gasteiger partial charge in [-0.05, 0) is 18.6 Å². The number of aromatic nitrogens is 1. The van der Waals surface area contributed by atoms with Crippen molar-refractivity contribution < 1.29 is 0 Å². The highest BCUT2D eigenvalue weighted by atomic mass is 32.1. The summed E-state index contributed by atoms with van der Waals surface area (Å²) >= 11 is 4.03. The molecule has 0 N–H and O–H groups in total. The third-order valence-electron chi connectivity index (χ3n) is 1.03. The summed E-state index contributed by atoms with van der Waals surface area (Å²) in [7, 11) is 0. The van der Waals surface area contributed by atoms with Crippen LogP contribution in [0.15, 0.2) is 24.5 Å². The molecular formula is C7H7NS. The maximum Gasteiger partial charge on any atom is 0.0317 e. The van der Waals surface area contributed by atoms with Crippen molar-refractivity contribution in [2.75, 3.05) is 0 Å². The molecule has 46 valence electrons. The SMILES string of the molecule is [CH]C(S)c1cccnc1. The lowest BCUT2D eigenvalue weighted by molar-refractivity contribution is 1.17. The van der Waals surface area contributed by atoms with Gasteiger partial charge >= 0.3 is 0 Å². The Bertz CT molecular complexity index is 172. The van der Waals surface area contributed by atoms with Gasteiger partial charge in [-0.3, -0.25) is 4.98 Å². The summed E-state index contributed by atoms with van der Waals surface area (Å²) in [4.78, 5) is 3.88. The third-order valence-corrected chi connectivity index (χ3v) is 1.32. The molecule has 1 aromatic rings. The summed E-state index contributed by atoms with van der Waals surface area (Å²) in [5.41, 5.74) is 0.945. The van der Waals surface area contributed by atoms with Gasteiger partial charge in [-0.1, -0.05) is 6.07 Å². The molecule has 1 unspecified atom stereocenters. The van der Waals surface area contributed by atoms with E-state index < -0.39 is 0 Å². The summed E-state index contributed by atoms with van der Waals surface area (Å²) in [5, 5.41) is -0.210. The van der Waals surface area contributed by atoms with E-state index in [4.69, 9.17) is 6.92 Å². The Morgan fingerprint density at radius 3 is 2.78 bits per heavy atom. The van der Waals surface area contributed by atoms with E-state index in [-0.39, 0.29) is 5.25 Å². The number of hydrogen-bond donors (Lipinski definition) is 1. The number of pyridine rings is 1. The average Bonchev–Trinajstić information content (AvgIpc) is 1.90. The fourth-order valence-corrected chi connectivity index (χ4v) is 0.704. The van der Waals surface area contributed by atoms with Crippen LogP contribution in [0.25, 0.3) is 0 Å². The molecule has 1 atom stereocenters. The van der Waals surface area contributed by atoms with E-state index in [9.17, 15) is 0 Å². The lowest BCUT2D eigenvalue weighted by Gasteiger charge is -1.99. The maximum atomic E-state index is 5.44. The zero-order valence-electron chi connectivity index (χ0n) is 4.86. The van der Waals surface area contributed by atoms with Crippen molar-refractivity contribution in [3.63, 3.8) is 0 Å². The molecule has 1 rings (SSSR count). The monoisotopic (exact) mass is 137 g/mol. The van der Waals surface area contributed by atoms with Crippen LogP contribution >= 0.6 is 12.6 Å². The second-order valence-corrected chi connectivity index (χ2v) is 2.29. The Kier molecular flexibility index (Phi) is 2.11. The lowest BCUT2D eigenvalue weighted by atomic mass is 10.2. The molecule has 1 nitrogen and oxygen atoms in total. The summed E-state index contributed by atoms with van der Waals surface area (Å²) in [6.07, 6.45) is 3.41. The van der Waals surface area contributed by atoms with Crippen LogP contribution in [0, 0.1) is 6.92 Å². The average molecular weight is 137 g/mol. The van der Waals surface area contributed by atoms with Gasteiger partial charge in [0.05, 0.1) is 0 Å². The number of hydrogen-bond acceptors (Lipinski definition) is 2. The van der Waals surface area contributed by atoms with Gasteiger partial charge in [0.2, 0.25) is 0 Å². The van der Waals surface area contributed by atoms with Crippen molar-refractivity contribution in [2.24, 2.45) is 0 Å². The molecular weight excluding hydrogens is 130 g/mol. The minimum absolute atomic E-state index is 0.210. The van der Waals surface area contributed by atoms with E-state index in [2.05, 4.69) is 17.6 Å². The van der Waals surface area contributed by atoms with Gasteiger partial charge in [0.1, 0.15) is 0 Å². The van der Waals surface area contributed by atoms with E-state index in [0.29, 0.717) is 0 Å². The fraction of sp³-hybridized carbons (Fsp3) is 0.143. The standard InChI is InChI=1S/C7H7NS/c1-6(9)7-3-2-4-8-5-7/h1-6,9H. The number of nitrogens with zero attached hydrogens (tertiary/aromatic N) is 1. The zero-order valence-corrected chi connectivity index (χ0v) is 5.75. The van der Waals surface area contributed by atoms with E-state index in [0.717, 1.165) is 5.56 Å². The maximum absolute atomic E-state index is 5.44. The van der Waals surface area contributed by atoms with E-state index in [1.165, 1.54) is 0 Å². The summed E-state index contributed by atoms with van der Waals surface area (Å²) in [6.45, 7) is 5.44. The van der Waals surface area contributed by atoms with E-state index in [1.54, 1.807) is 12.4 Å². The largest absolute Gasteiger partial charge is 0.264 e. The molecule has 0 aliphatic rings. The Balaban J connectivity index is 2.85.